The summed E-state index contributed by atoms with van der Waals surface area (Å²) in [5.41, 5.74) is 0.786. The zero-order valence-corrected chi connectivity index (χ0v) is 15.0. The van der Waals surface area contributed by atoms with Crippen LogP contribution in [0.4, 0.5) is 8.78 Å². The van der Waals surface area contributed by atoms with Gasteiger partial charge in [-0.3, -0.25) is 18.4 Å². The molecular formula is C20H11F2N3O2S. The van der Waals surface area contributed by atoms with Crippen molar-refractivity contribution in [3.63, 3.8) is 0 Å². The van der Waals surface area contributed by atoms with Crippen LogP contribution in [0.2, 0.25) is 0 Å². The molecule has 1 fully saturated rings. The van der Waals surface area contributed by atoms with Crippen LogP contribution in [-0.2, 0) is 0 Å². The van der Waals surface area contributed by atoms with Gasteiger partial charge in [-0.1, -0.05) is 23.7 Å². The van der Waals surface area contributed by atoms with Crippen LogP contribution < -0.4 is 11.1 Å². The Kier molecular flexibility index (Phi) is 3.51. The van der Waals surface area contributed by atoms with Crippen molar-refractivity contribution in [3.05, 3.63) is 74.2 Å². The lowest BCUT2D eigenvalue weighted by Gasteiger charge is -2.12. The van der Waals surface area contributed by atoms with Crippen molar-refractivity contribution < 1.29 is 8.78 Å². The fraction of sp³-hybridized carbons (Fsp3) is 0.150. The molecular weight excluding hydrogens is 384 g/mol. The molecule has 1 unspecified atom stereocenters. The summed E-state index contributed by atoms with van der Waals surface area (Å²) in [5.74, 6) is -1.11. The van der Waals surface area contributed by atoms with E-state index in [-0.39, 0.29) is 10.9 Å². The Labute approximate surface area is 160 Å². The third-order valence-electron chi connectivity index (χ3n) is 5.08. The fourth-order valence-corrected chi connectivity index (χ4v) is 4.57. The van der Waals surface area contributed by atoms with Gasteiger partial charge in [0.2, 0.25) is 0 Å². The zero-order chi connectivity index (χ0) is 19.6. The first-order chi connectivity index (χ1) is 13.5. The summed E-state index contributed by atoms with van der Waals surface area (Å²) in [6, 6.07) is 9.97. The molecule has 28 heavy (non-hydrogen) atoms. The molecule has 1 aliphatic rings. The quantitative estimate of drug-likeness (QED) is 0.562. The predicted molar refractivity (Wildman–Crippen MR) is 102 cm³/mol. The molecule has 138 valence electrons. The summed E-state index contributed by atoms with van der Waals surface area (Å²) in [6.07, 6.45) is 0.269. The Morgan fingerprint density at radius 1 is 1.29 bits per heavy atom. The summed E-state index contributed by atoms with van der Waals surface area (Å²) in [5, 5.41) is 9.03. The van der Waals surface area contributed by atoms with Gasteiger partial charge in [0.1, 0.15) is 17.4 Å². The Morgan fingerprint density at radius 3 is 2.79 bits per heavy atom. The van der Waals surface area contributed by atoms with Crippen molar-refractivity contribution in [2.45, 2.75) is 18.5 Å². The average Bonchev–Trinajstić information content (AvgIpc) is 3.28. The summed E-state index contributed by atoms with van der Waals surface area (Å²) in [4.78, 5) is 24.9. The molecule has 0 aliphatic heterocycles. The van der Waals surface area contributed by atoms with E-state index in [1.54, 1.807) is 24.3 Å². The number of H-pyrrole nitrogens is 1. The van der Waals surface area contributed by atoms with Crippen molar-refractivity contribution in [2.24, 2.45) is 0 Å². The van der Waals surface area contributed by atoms with Crippen molar-refractivity contribution >= 4 is 27.1 Å². The van der Waals surface area contributed by atoms with Crippen LogP contribution in [0.15, 0.2) is 46.1 Å². The molecule has 0 radical (unpaired) electrons. The van der Waals surface area contributed by atoms with Gasteiger partial charge in [-0.15, -0.1) is 0 Å². The zero-order valence-electron chi connectivity index (χ0n) is 14.2. The number of fused-ring (bicyclic) bond motifs is 2. The highest BCUT2D eigenvalue weighted by Gasteiger charge is 2.42. The Bertz CT molecular complexity index is 1440. The monoisotopic (exact) mass is 395 g/mol. The van der Waals surface area contributed by atoms with Crippen LogP contribution in [0.25, 0.3) is 26.7 Å². The molecule has 2 atom stereocenters. The van der Waals surface area contributed by atoms with E-state index in [2.05, 4.69) is 4.37 Å². The number of aromatic nitrogens is 2. The van der Waals surface area contributed by atoms with Gasteiger partial charge in [0.05, 0.1) is 21.8 Å². The lowest BCUT2D eigenvalue weighted by molar-refractivity contribution is 0.469. The van der Waals surface area contributed by atoms with Crippen LogP contribution >= 0.6 is 11.5 Å². The van der Waals surface area contributed by atoms with E-state index in [1.807, 2.05) is 6.07 Å². The van der Waals surface area contributed by atoms with E-state index in [1.165, 1.54) is 6.07 Å². The molecule has 0 saturated heterocycles. The minimum atomic E-state index is -1.06. The first kappa shape index (κ1) is 16.8. The molecule has 0 spiro atoms. The number of alkyl halides is 1. The van der Waals surface area contributed by atoms with Crippen LogP contribution in [-0.4, -0.2) is 14.9 Å². The Morgan fingerprint density at radius 2 is 2.07 bits per heavy atom. The first-order valence-electron chi connectivity index (χ1n) is 8.53. The maximum Gasteiger partial charge on any atom is 0.271 e. The lowest BCUT2D eigenvalue weighted by Crippen LogP contribution is -2.20. The van der Waals surface area contributed by atoms with E-state index < -0.39 is 29.0 Å². The van der Waals surface area contributed by atoms with Crippen molar-refractivity contribution in [3.8, 4) is 17.2 Å². The molecule has 5 rings (SSSR count). The number of nitriles is 1. The molecule has 8 heteroatoms. The lowest BCUT2D eigenvalue weighted by atomic mass is 10.0. The fourth-order valence-electron chi connectivity index (χ4n) is 3.62. The molecule has 1 aliphatic carbocycles. The average molecular weight is 395 g/mol. The number of hydrogen-bond acceptors (Lipinski definition) is 4. The van der Waals surface area contributed by atoms with Crippen LogP contribution in [0.5, 0.6) is 0 Å². The van der Waals surface area contributed by atoms with Gasteiger partial charge in [0.25, 0.3) is 11.1 Å². The summed E-state index contributed by atoms with van der Waals surface area (Å²) < 4.78 is 32.8. The molecule has 1 N–H and O–H groups in total. The molecule has 0 bridgehead atoms. The van der Waals surface area contributed by atoms with Gasteiger partial charge in [0.15, 0.2) is 0 Å². The Hall–Kier alpha value is -3.31. The molecule has 4 aromatic rings. The first-order valence-corrected chi connectivity index (χ1v) is 9.35. The summed E-state index contributed by atoms with van der Waals surface area (Å²) in [7, 11) is 0. The maximum absolute atomic E-state index is 14.9. The minimum Gasteiger partial charge on any atom is -0.280 e. The molecule has 5 nitrogen and oxygen atoms in total. The SMILES string of the molecule is N#Cc1cccc(-c2cc3c(C4C[C@@H]4F)c4s[nH]c(=O)c4c(=O)n3cc2F)c1. The van der Waals surface area contributed by atoms with E-state index in [0.29, 0.717) is 33.3 Å². The number of hydrogen-bond donors (Lipinski definition) is 1. The second kappa shape index (κ2) is 5.84. The van der Waals surface area contributed by atoms with E-state index in [9.17, 15) is 18.4 Å². The van der Waals surface area contributed by atoms with Gasteiger partial charge in [-0.2, -0.15) is 5.26 Å². The highest BCUT2D eigenvalue weighted by Crippen LogP contribution is 2.48. The largest absolute Gasteiger partial charge is 0.280 e. The second-order valence-electron chi connectivity index (χ2n) is 6.80. The molecule has 0 amide bonds. The molecule has 1 saturated carbocycles. The van der Waals surface area contributed by atoms with Gasteiger partial charge in [-0.05, 0) is 30.2 Å². The van der Waals surface area contributed by atoms with Crippen molar-refractivity contribution in [1.29, 1.82) is 5.26 Å². The van der Waals surface area contributed by atoms with Crippen molar-refractivity contribution in [2.75, 3.05) is 0 Å². The third-order valence-corrected chi connectivity index (χ3v) is 6.00. The van der Waals surface area contributed by atoms with Gasteiger partial charge >= 0.3 is 0 Å². The second-order valence-corrected chi connectivity index (χ2v) is 7.61. The molecule has 3 aromatic heterocycles. The maximum atomic E-state index is 14.9. The number of rotatable bonds is 2. The normalized spacial score (nSPS) is 18.5. The van der Waals surface area contributed by atoms with E-state index in [0.717, 1.165) is 22.1 Å². The number of benzene rings is 1. The number of pyridine rings is 2. The summed E-state index contributed by atoms with van der Waals surface area (Å²) >= 11 is 0.998. The van der Waals surface area contributed by atoms with Crippen LogP contribution in [0, 0.1) is 17.1 Å². The highest BCUT2D eigenvalue weighted by atomic mass is 32.1. The van der Waals surface area contributed by atoms with Gasteiger partial charge < -0.3 is 0 Å². The van der Waals surface area contributed by atoms with Crippen molar-refractivity contribution in [1.82, 2.24) is 8.77 Å². The summed E-state index contributed by atoms with van der Waals surface area (Å²) in [6.45, 7) is 0. The number of nitrogens with one attached hydrogen (secondary N) is 1. The van der Waals surface area contributed by atoms with Gasteiger partial charge in [0, 0.05) is 23.2 Å². The molecule has 3 heterocycles. The molecule has 1 aromatic carbocycles. The number of aromatic amines is 1. The highest BCUT2D eigenvalue weighted by molar-refractivity contribution is 7.13. The van der Waals surface area contributed by atoms with E-state index >= 15 is 0 Å². The van der Waals surface area contributed by atoms with Gasteiger partial charge in [-0.25, -0.2) is 8.78 Å². The smallest absolute Gasteiger partial charge is 0.271 e. The standard InChI is InChI=1S/C20H11F2N3O2S/c21-13-5-12(13)16-15-6-11(10-3-1-2-9(4-10)7-23)14(22)8-25(15)20(27)17-18(16)28-24-19(17)26/h1-4,6,8,12-13H,5H2,(H,24,26)/t12?,13-/m0/s1. The van der Waals surface area contributed by atoms with Crippen LogP contribution in [0.3, 0.4) is 0 Å². The third kappa shape index (κ3) is 2.33. The number of halogens is 2. The Balaban J connectivity index is 1.91. The van der Waals surface area contributed by atoms with E-state index in [4.69, 9.17) is 5.26 Å². The minimum absolute atomic E-state index is 0.0739. The predicted octanol–water partition coefficient (Wildman–Crippen LogP) is 3.71. The topological polar surface area (TPSA) is 78.1 Å². The van der Waals surface area contributed by atoms with Crippen LogP contribution in [0.1, 0.15) is 23.5 Å². The number of nitrogens with zero attached hydrogens (tertiary/aromatic N) is 2.